The number of halogens is 1. The van der Waals surface area contributed by atoms with Crippen LogP contribution in [0, 0.1) is 0 Å². The molecule has 0 saturated heterocycles. The molecule has 1 aromatic rings. The molecule has 21 heavy (non-hydrogen) atoms. The van der Waals surface area contributed by atoms with E-state index in [1.807, 2.05) is 0 Å². The topological polar surface area (TPSA) is 83.9 Å². The molecular weight excluding hydrogens is 318 g/mol. The number of hydrogen-bond acceptors (Lipinski definition) is 5. The van der Waals surface area contributed by atoms with Gasteiger partial charge in [-0.2, -0.15) is 0 Å². The first-order valence-electron chi connectivity index (χ1n) is 6.08. The van der Waals surface area contributed by atoms with E-state index in [1.54, 1.807) is 31.0 Å². The van der Waals surface area contributed by atoms with E-state index in [2.05, 4.69) is 0 Å². The van der Waals surface area contributed by atoms with Crippen molar-refractivity contribution in [1.82, 2.24) is 4.90 Å². The average molecular weight is 338 g/mol. The van der Waals surface area contributed by atoms with Crippen LogP contribution in [0.2, 0.25) is 0 Å². The summed E-state index contributed by atoms with van der Waals surface area (Å²) in [5.41, 5.74) is 0. The first-order valence-corrected chi connectivity index (χ1v) is 7.97. The van der Waals surface area contributed by atoms with E-state index >= 15 is 0 Å². The van der Waals surface area contributed by atoms with E-state index in [1.165, 1.54) is 12.1 Å². The van der Waals surface area contributed by atoms with Gasteiger partial charge in [0.2, 0.25) is 0 Å². The fourth-order valence-electron chi connectivity index (χ4n) is 1.47. The second kappa shape index (κ2) is 8.21. The number of carboxylic acids is 1. The van der Waals surface area contributed by atoms with Gasteiger partial charge < -0.3 is 9.84 Å². The summed E-state index contributed by atoms with van der Waals surface area (Å²) in [4.78, 5) is 12.7. The minimum Gasteiger partial charge on any atom is -0.492 e. The number of sulfone groups is 1. The highest BCUT2D eigenvalue weighted by Crippen LogP contribution is 2.15. The summed E-state index contributed by atoms with van der Waals surface area (Å²) in [6.07, 6.45) is 1.14. The van der Waals surface area contributed by atoms with Gasteiger partial charge in [-0.3, -0.25) is 9.69 Å². The molecule has 0 aliphatic carbocycles. The van der Waals surface area contributed by atoms with Crippen molar-refractivity contribution < 1.29 is 23.1 Å². The Morgan fingerprint density at radius 3 is 2.29 bits per heavy atom. The average Bonchev–Trinajstić information content (AvgIpc) is 2.37. The molecule has 8 heteroatoms. The van der Waals surface area contributed by atoms with Gasteiger partial charge in [-0.1, -0.05) is 0 Å². The number of rotatable bonds is 7. The Bertz CT molecular complexity index is 558. The van der Waals surface area contributed by atoms with Crippen molar-refractivity contribution >= 4 is 28.2 Å². The maximum atomic E-state index is 11.3. The smallest absolute Gasteiger partial charge is 0.320 e. The van der Waals surface area contributed by atoms with Crippen molar-refractivity contribution in [3.63, 3.8) is 0 Å². The highest BCUT2D eigenvalue weighted by atomic mass is 35.5. The molecule has 0 saturated carbocycles. The minimum atomic E-state index is -3.20. The van der Waals surface area contributed by atoms with Gasteiger partial charge in [0.05, 0.1) is 4.90 Å². The number of carbonyl (C=O) groups is 1. The Morgan fingerprint density at radius 2 is 1.86 bits per heavy atom. The molecule has 1 aromatic carbocycles. The molecule has 0 aliphatic heterocycles. The van der Waals surface area contributed by atoms with Gasteiger partial charge >= 0.3 is 5.97 Å². The monoisotopic (exact) mass is 337 g/mol. The van der Waals surface area contributed by atoms with Gasteiger partial charge in [-0.05, 0) is 38.2 Å². The zero-order chi connectivity index (χ0) is 15.3. The summed E-state index contributed by atoms with van der Waals surface area (Å²) >= 11 is 0. The van der Waals surface area contributed by atoms with Crippen LogP contribution in [-0.2, 0) is 14.6 Å². The highest BCUT2D eigenvalue weighted by molar-refractivity contribution is 7.90. The Balaban J connectivity index is 0.00000400. The van der Waals surface area contributed by atoms with Crippen LogP contribution in [0.5, 0.6) is 5.75 Å². The molecule has 0 fully saturated rings. The molecule has 1 unspecified atom stereocenters. The Kier molecular flexibility index (Phi) is 7.70. The van der Waals surface area contributed by atoms with E-state index in [0.29, 0.717) is 18.9 Å². The Labute approximate surface area is 131 Å². The second-order valence-corrected chi connectivity index (χ2v) is 6.60. The summed E-state index contributed by atoms with van der Waals surface area (Å²) in [6, 6.07) is 5.54. The number of likely N-dealkylation sites (N-methyl/N-ethyl adjacent to an activating group) is 1. The van der Waals surface area contributed by atoms with Gasteiger partial charge in [0.1, 0.15) is 18.4 Å². The summed E-state index contributed by atoms with van der Waals surface area (Å²) < 4.78 is 28.0. The highest BCUT2D eigenvalue weighted by Gasteiger charge is 2.16. The van der Waals surface area contributed by atoms with Crippen molar-refractivity contribution in [1.29, 1.82) is 0 Å². The van der Waals surface area contributed by atoms with Crippen molar-refractivity contribution in [3.8, 4) is 5.75 Å². The normalized spacial score (nSPS) is 12.6. The van der Waals surface area contributed by atoms with E-state index in [-0.39, 0.29) is 17.3 Å². The molecule has 1 N–H and O–H groups in total. The predicted molar refractivity (Wildman–Crippen MR) is 82.0 cm³/mol. The van der Waals surface area contributed by atoms with Crippen LogP contribution in [0.25, 0.3) is 0 Å². The van der Waals surface area contributed by atoms with Crippen LogP contribution in [0.3, 0.4) is 0 Å². The van der Waals surface area contributed by atoms with Gasteiger partial charge in [-0.15, -0.1) is 12.4 Å². The first kappa shape index (κ1) is 19.7. The van der Waals surface area contributed by atoms with E-state index < -0.39 is 21.8 Å². The SMILES string of the molecule is CC(C(=O)O)N(C)CCOc1ccc(S(C)(=O)=O)cc1.Cl. The summed E-state index contributed by atoms with van der Waals surface area (Å²) in [6.45, 7) is 2.39. The lowest BCUT2D eigenvalue weighted by Crippen LogP contribution is -2.38. The van der Waals surface area contributed by atoms with Crippen LogP contribution in [0.1, 0.15) is 6.92 Å². The first-order chi connectivity index (χ1) is 9.21. The zero-order valence-electron chi connectivity index (χ0n) is 12.1. The van der Waals surface area contributed by atoms with Crippen LogP contribution >= 0.6 is 12.4 Å². The van der Waals surface area contributed by atoms with Crippen molar-refractivity contribution in [3.05, 3.63) is 24.3 Å². The maximum Gasteiger partial charge on any atom is 0.320 e. The zero-order valence-corrected chi connectivity index (χ0v) is 13.8. The standard InChI is InChI=1S/C13H19NO5S.ClH/c1-10(13(15)16)14(2)8-9-19-11-4-6-12(7-5-11)20(3,17)18;/h4-7,10H,8-9H2,1-3H3,(H,15,16);1H. The number of aliphatic carboxylic acids is 1. The molecule has 0 bridgehead atoms. The maximum absolute atomic E-state index is 11.3. The number of benzene rings is 1. The quantitative estimate of drug-likeness (QED) is 0.807. The molecule has 1 atom stereocenters. The molecule has 0 spiro atoms. The molecule has 120 valence electrons. The fourth-order valence-corrected chi connectivity index (χ4v) is 2.10. The number of carboxylic acid groups (broad SMARTS) is 1. The van der Waals surface area contributed by atoms with E-state index in [4.69, 9.17) is 9.84 Å². The predicted octanol–water partition coefficient (Wildman–Crippen LogP) is 1.30. The summed E-state index contributed by atoms with van der Waals surface area (Å²) in [7, 11) is -1.50. The largest absolute Gasteiger partial charge is 0.492 e. The summed E-state index contributed by atoms with van der Waals surface area (Å²) in [5.74, 6) is -0.334. The van der Waals surface area contributed by atoms with Crippen molar-refractivity contribution in [2.75, 3.05) is 26.5 Å². The lowest BCUT2D eigenvalue weighted by molar-refractivity contribution is -0.142. The Hall–Kier alpha value is -1.31. The van der Waals surface area contributed by atoms with E-state index in [9.17, 15) is 13.2 Å². The molecule has 0 radical (unpaired) electrons. The third-order valence-corrected chi connectivity index (χ3v) is 4.11. The van der Waals surface area contributed by atoms with Crippen molar-refractivity contribution in [2.24, 2.45) is 0 Å². The van der Waals surface area contributed by atoms with E-state index in [0.717, 1.165) is 6.26 Å². The van der Waals surface area contributed by atoms with Crippen LogP contribution in [-0.4, -0.2) is 56.9 Å². The molecule has 0 heterocycles. The lowest BCUT2D eigenvalue weighted by atomic mass is 10.3. The number of hydrogen-bond donors (Lipinski definition) is 1. The molecular formula is C13H20ClNO5S. The lowest BCUT2D eigenvalue weighted by Gasteiger charge is -2.20. The second-order valence-electron chi connectivity index (χ2n) is 4.59. The molecule has 1 rings (SSSR count). The van der Waals surface area contributed by atoms with Gasteiger partial charge in [-0.25, -0.2) is 8.42 Å². The van der Waals surface area contributed by atoms with Crippen LogP contribution in [0.4, 0.5) is 0 Å². The van der Waals surface area contributed by atoms with Crippen molar-refractivity contribution in [2.45, 2.75) is 17.9 Å². The molecule has 0 amide bonds. The van der Waals surface area contributed by atoms with Crippen LogP contribution < -0.4 is 4.74 Å². The molecule has 6 nitrogen and oxygen atoms in total. The number of nitrogens with zero attached hydrogens (tertiary/aromatic N) is 1. The van der Waals surface area contributed by atoms with Gasteiger partial charge in [0.15, 0.2) is 9.84 Å². The molecule has 0 aliphatic rings. The minimum absolute atomic E-state index is 0. The fraction of sp³-hybridized carbons (Fsp3) is 0.462. The van der Waals surface area contributed by atoms with Gasteiger partial charge in [0, 0.05) is 12.8 Å². The summed E-state index contributed by atoms with van der Waals surface area (Å²) in [5, 5.41) is 8.84. The Morgan fingerprint density at radius 1 is 1.33 bits per heavy atom. The molecule has 0 aromatic heterocycles. The third-order valence-electron chi connectivity index (χ3n) is 2.98. The van der Waals surface area contributed by atoms with Gasteiger partial charge in [0.25, 0.3) is 0 Å². The third kappa shape index (κ3) is 6.33. The number of ether oxygens (including phenoxy) is 1. The van der Waals surface area contributed by atoms with Crippen LogP contribution in [0.15, 0.2) is 29.2 Å².